The second-order valence-electron chi connectivity index (χ2n) is 5.16. The van der Waals surface area contributed by atoms with Gasteiger partial charge in [-0.1, -0.05) is 25.1 Å². The second-order valence-corrected chi connectivity index (χ2v) is 7.44. The number of carbonyl (C=O) groups is 1. The van der Waals surface area contributed by atoms with Gasteiger partial charge in [-0.15, -0.1) is 23.1 Å². The molecule has 124 valence electrons. The number of thiophene rings is 1. The van der Waals surface area contributed by atoms with Crippen LogP contribution in [0.15, 0.2) is 65.1 Å². The van der Waals surface area contributed by atoms with Gasteiger partial charge < -0.3 is 5.32 Å². The van der Waals surface area contributed by atoms with Gasteiger partial charge in [0, 0.05) is 28.7 Å². The maximum absolute atomic E-state index is 12.6. The first-order valence-corrected chi connectivity index (χ1v) is 9.68. The SMILES string of the molecule is CCSc1ccccc1C(=O)NCC(c1cccs1)n1cccn1. The number of hydrogen-bond acceptors (Lipinski definition) is 4. The third kappa shape index (κ3) is 3.88. The summed E-state index contributed by atoms with van der Waals surface area (Å²) in [7, 11) is 0. The fourth-order valence-corrected chi connectivity index (χ4v) is 4.11. The molecule has 4 nitrogen and oxygen atoms in total. The van der Waals surface area contributed by atoms with Gasteiger partial charge >= 0.3 is 0 Å². The summed E-state index contributed by atoms with van der Waals surface area (Å²) in [6, 6.07) is 13.7. The largest absolute Gasteiger partial charge is 0.349 e. The third-order valence-corrected chi connectivity index (χ3v) is 5.53. The molecule has 0 aliphatic rings. The molecule has 1 aromatic carbocycles. The normalized spacial score (nSPS) is 12.0. The molecule has 0 aliphatic heterocycles. The number of hydrogen-bond donors (Lipinski definition) is 1. The molecule has 6 heteroatoms. The zero-order chi connectivity index (χ0) is 16.8. The number of thioether (sulfide) groups is 1. The van der Waals surface area contributed by atoms with Crippen LogP contribution >= 0.6 is 23.1 Å². The van der Waals surface area contributed by atoms with Crippen LogP contribution in [-0.2, 0) is 0 Å². The third-order valence-electron chi connectivity index (χ3n) is 3.60. The first kappa shape index (κ1) is 16.8. The minimum atomic E-state index is -0.0414. The second kappa shape index (κ2) is 8.17. The van der Waals surface area contributed by atoms with E-state index in [0.29, 0.717) is 6.54 Å². The van der Waals surface area contributed by atoms with Crippen molar-refractivity contribution in [2.45, 2.75) is 17.9 Å². The summed E-state index contributed by atoms with van der Waals surface area (Å²) in [6.07, 6.45) is 3.69. The van der Waals surface area contributed by atoms with E-state index in [9.17, 15) is 4.79 Å². The molecule has 0 radical (unpaired) electrons. The molecule has 0 bridgehead atoms. The monoisotopic (exact) mass is 357 g/mol. The van der Waals surface area contributed by atoms with Gasteiger partial charge in [0.2, 0.25) is 0 Å². The molecule has 0 saturated carbocycles. The summed E-state index contributed by atoms with van der Waals surface area (Å²) < 4.78 is 1.89. The van der Waals surface area contributed by atoms with Crippen molar-refractivity contribution >= 4 is 29.0 Å². The molecule has 3 rings (SSSR count). The molecule has 1 N–H and O–H groups in total. The number of nitrogens with zero attached hydrogens (tertiary/aromatic N) is 2. The zero-order valence-corrected chi connectivity index (χ0v) is 15.0. The first-order valence-electron chi connectivity index (χ1n) is 7.82. The van der Waals surface area contributed by atoms with Crippen molar-refractivity contribution in [3.8, 4) is 0 Å². The molecule has 0 aliphatic carbocycles. The Kier molecular flexibility index (Phi) is 5.72. The van der Waals surface area contributed by atoms with E-state index in [1.807, 2.05) is 52.7 Å². The van der Waals surface area contributed by atoms with Gasteiger partial charge in [0.05, 0.1) is 5.56 Å². The van der Waals surface area contributed by atoms with E-state index < -0.39 is 0 Å². The molecule has 1 amide bonds. The lowest BCUT2D eigenvalue weighted by Gasteiger charge is -2.17. The molecular weight excluding hydrogens is 338 g/mol. The molecule has 1 atom stereocenters. The number of nitrogens with one attached hydrogen (secondary N) is 1. The highest BCUT2D eigenvalue weighted by molar-refractivity contribution is 7.99. The van der Waals surface area contributed by atoms with Crippen LogP contribution in [0.25, 0.3) is 0 Å². The lowest BCUT2D eigenvalue weighted by atomic mass is 10.2. The Bertz CT molecular complexity index is 735. The summed E-state index contributed by atoms with van der Waals surface area (Å²) in [4.78, 5) is 14.8. The van der Waals surface area contributed by atoms with Crippen LogP contribution in [0.3, 0.4) is 0 Å². The van der Waals surface area contributed by atoms with E-state index in [0.717, 1.165) is 16.2 Å². The molecule has 3 aromatic rings. The van der Waals surface area contributed by atoms with Crippen LogP contribution in [0.2, 0.25) is 0 Å². The van der Waals surface area contributed by atoms with E-state index in [-0.39, 0.29) is 11.9 Å². The quantitative estimate of drug-likeness (QED) is 0.648. The minimum Gasteiger partial charge on any atom is -0.349 e. The predicted molar refractivity (Wildman–Crippen MR) is 99.9 cm³/mol. The Morgan fingerprint density at radius 2 is 2.17 bits per heavy atom. The molecular formula is C18H19N3OS2. The van der Waals surface area contributed by atoms with E-state index in [1.165, 1.54) is 4.88 Å². The van der Waals surface area contributed by atoms with Gasteiger partial charge in [-0.2, -0.15) is 5.10 Å². The molecule has 2 heterocycles. The average molecular weight is 358 g/mol. The number of amides is 1. The zero-order valence-electron chi connectivity index (χ0n) is 13.4. The number of carbonyl (C=O) groups excluding carboxylic acids is 1. The van der Waals surface area contributed by atoms with E-state index in [1.54, 1.807) is 29.3 Å². The summed E-state index contributed by atoms with van der Waals surface area (Å²) in [5.74, 6) is 0.898. The molecule has 24 heavy (non-hydrogen) atoms. The Labute approximate surface area is 149 Å². The van der Waals surface area contributed by atoms with Crippen molar-refractivity contribution in [2.24, 2.45) is 0 Å². The Morgan fingerprint density at radius 3 is 2.88 bits per heavy atom. The first-order chi connectivity index (χ1) is 11.8. The van der Waals surface area contributed by atoms with Crippen molar-refractivity contribution in [3.63, 3.8) is 0 Å². The van der Waals surface area contributed by atoms with Crippen LogP contribution < -0.4 is 5.32 Å². The smallest absolute Gasteiger partial charge is 0.252 e. The summed E-state index contributed by atoms with van der Waals surface area (Å²) >= 11 is 3.36. The van der Waals surface area contributed by atoms with Crippen LogP contribution in [0, 0.1) is 0 Å². The van der Waals surface area contributed by atoms with Crippen molar-refractivity contribution in [3.05, 3.63) is 70.7 Å². The Morgan fingerprint density at radius 1 is 1.29 bits per heavy atom. The fraction of sp³-hybridized carbons (Fsp3) is 0.222. The molecule has 0 spiro atoms. The van der Waals surface area contributed by atoms with Crippen molar-refractivity contribution in [1.82, 2.24) is 15.1 Å². The maximum atomic E-state index is 12.6. The van der Waals surface area contributed by atoms with Crippen molar-refractivity contribution < 1.29 is 4.79 Å². The average Bonchev–Trinajstić information content (AvgIpc) is 3.30. The van der Waals surface area contributed by atoms with Gasteiger partial charge in [-0.05, 0) is 35.4 Å². The molecule has 1 unspecified atom stereocenters. The van der Waals surface area contributed by atoms with Gasteiger partial charge in [0.1, 0.15) is 6.04 Å². The van der Waals surface area contributed by atoms with Crippen LogP contribution in [-0.4, -0.2) is 28.0 Å². The highest BCUT2D eigenvalue weighted by Crippen LogP contribution is 2.24. The number of benzene rings is 1. The van der Waals surface area contributed by atoms with Crippen molar-refractivity contribution in [2.75, 3.05) is 12.3 Å². The standard InChI is InChI=1S/C18H19N3OS2/c1-2-23-16-8-4-3-7-14(16)18(22)19-13-15(17-9-5-12-24-17)21-11-6-10-20-21/h3-12,15H,2,13H2,1H3,(H,19,22). The van der Waals surface area contributed by atoms with E-state index in [4.69, 9.17) is 0 Å². The summed E-state index contributed by atoms with van der Waals surface area (Å²) in [6.45, 7) is 2.59. The highest BCUT2D eigenvalue weighted by Gasteiger charge is 2.18. The van der Waals surface area contributed by atoms with Crippen molar-refractivity contribution in [1.29, 1.82) is 0 Å². The predicted octanol–water partition coefficient (Wildman–Crippen LogP) is 4.08. The van der Waals surface area contributed by atoms with Crippen LogP contribution in [0.4, 0.5) is 0 Å². The topological polar surface area (TPSA) is 46.9 Å². The number of aromatic nitrogens is 2. The highest BCUT2D eigenvalue weighted by atomic mass is 32.2. The van der Waals surface area contributed by atoms with Gasteiger partial charge in [-0.25, -0.2) is 0 Å². The lowest BCUT2D eigenvalue weighted by Crippen LogP contribution is -2.31. The van der Waals surface area contributed by atoms with Gasteiger partial charge in [-0.3, -0.25) is 9.48 Å². The lowest BCUT2D eigenvalue weighted by molar-refractivity contribution is 0.0946. The van der Waals surface area contributed by atoms with E-state index in [2.05, 4.69) is 23.4 Å². The Balaban J connectivity index is 1.74. The van der Waals surface area contributed by atoms with Gasteiger partial charge in [0.25, 0.3) is 5.91 Å². The minimum absolute atomic E-state index is 0.00920. The maximum Gasteiger partial charge on any atom is 0.252 e. The Hall–Kier alpha value is -2.05. The molecule has 0 saturated heterocycles. The van der Waals surface area contributed by atoms with Gasteiger partial charge in [0.15, 0.2) is 0 Å². The fourth-order valence-electron chi connectivity index (χ4n) is 2.49. The molecule has 2 aromatic heterocycles. The number of rotatable bonds is 7. The van der Waals surface area contributed by atoms with Crippen LogP contribution in [0.5, 0.6) is 0 Å². The van der Waals surface area contributed by atoms with Crippen LogP contribution in [0.1, 0.15) is 28.2 Å². The summed E-state index contributed by atoms with van der Waals surface area (Å²) in [5, 5.41) is 9.45. The summed E-state index contributed by atoms with van der Waals surface area (Å²) in [5.41, 5.74) is 0.731. The van der Waals surface area contributed by atoms with E-state index >= 15 is 0 Å². The molecule has 0 fully saturated rings.